The van der Waals surface area contributed by atoms with Gasteiger partial charge >= 0.3 is 11.9 Å². The van der Waals surface area contributed by atoms with Crippen LogP contribution in [0.15, 0.2) is 134 Å². The Bertz CT molecular complexity index is 1090. The molecule has 0 aromatic heterocycles. The van der Waals surface area contributed by atoms with Gasteiger partial charge in [-0.15, -0.1) is 0 Å². The van der Waals surface area contributed by atoms with Gasteiger partial charge in [0.15, 0.2) is 0 Å². The molecule has 0 fully saturated rings. The van der Waals surface area contributed by atoms with Crippen molar-refractivity contribution in [1.82, 2.24) is 0 Å². The van der Waals surface area contributed by atoms with Crippen LogP contribution >= 0.6 is 0 Å². The van der Waals surface area contributed by atoms with Crippen LogP contribution in [0.3, 0.4) is 0 Å². The van der Waals surface area contributed by atoms with Crippen LogP contribution in [0.25, 0.3) is 0 Å². The van der Waals surface area contributed by atoms with Crippen molar-refractivity contribution >= 4 is 11.9 Å². The molecule has 4 nitrogen and oxygen atoms in total. The fourth-order valence-electron chi connectivity index (χ4n) is 4.04. The molecule has 0 N–H and O–H groups in total. The van der Waals surface area contributed by atoms with Crippen molar-refractivity contribution in [3.05, 3.63) is 134 Å². The van der Waals surface area contributed by atoms with Crippen molar-refractivity contribution in [2.45, 2.75) is 130 Å². The summed E-state index contributed by atoms with van der Waals surface area (Å²) >= 11 is 0. The number of allylic oxidation sites excluding steroid dienone is 22. The number of hydrogen-bond donors (Lipinski definition) is 0. The van der Waals surface area contributed by atoms with Crippen LogP contribution < -0.4 is 0 Å². The van der Waals surface area contributed by atoms with E-state index in [4.69, 9.17) is 9.47 Å². The van der Waals surface area contributed by atoms with E-state index in [2.05, 4.69) is 141 Å². The van der Waals surface area contributed by atoms with Crippen LogP contribution in [0.2, 0.25) is 0 Å². The van der Waals surface area contributed by atoms with Crippen molar-refractivity contribution in [3.8, 4) is 0 Å². The van der Waals surface area contributed by atoms with Crippen LogP contribution in [0, 0.1) is 0 Å². The minimum Gasteiger partial charge on any atom is -0.466 e. The van der Waals surface area contributed by atoms with Gasteiger partial charge in [-0.25, -0.2) is 0 Å². The lowest BCUT2D eigenvalue weighted by Gasteiger charge is -1.98. The summed E-state index contributed by atoms with van der Waals surface area (Å²) in [6, 6.07) is 0. The first-order valence-corrected chi connectivity index (χ1v) is 19.1. The molecular weight excluding hydrogens is 617 g/mol. The van der Waals surface area contributed by atoms with Gasteiger partial charge in [0.2, 0.25) is 0 Å². The van der Waals surface area contributed by atoms with Gasteiger partial charge in [-0.3, -0.25) is 9.59 Å². The molecule has 0 unspecified atom stereocenters. The zero-order valence-corrected chi connectivity index (χ0v) is 32.1. The van der Waals surface area contributed by atoms with Gasteiger partial charge in [0, 0.05) is 12.8 Å². The molecule has 0 saturated heterocycles. The molecule has 0 aromatic carbocycles. The molecule has 278 valence electrons. The zero-order valence-electron chi connectivity index (χ0n) is 32.1. The van der Waals surface area contributed by atoms with Gasteiger partial charge in [0.1, 0.15) is 0 Å². The van der Waals surface area contributed by atoms with Crippen LogP contribution in [-0.4, -0.2) is 25.2 Å². The maximum absolute atomic E-state index is 11.1. The molecular formula is C46H70O4. The molecule has 0 saturated carbocycles. The average Bonchev–Trinajstić information content (AvgIpc) is 3.11. The van der Waals surface area contributed by atoms with Crippen molar-refractivity contribution in [1.29, 1.82) is 0 Å². The molecule has 0 aliphatic rings. The van der Waals surface area contributed by atoms with Gasteiger partial charge in [-0.2, -0.15) is 0 Å². The summed E-state index contributed by atoms with van der Waals surface area (Å²) in [7, 11) is 0. The van der Waals surface area contributed by atoms with Crippen molar-refractivity contribution in [3.63, 3.8) is 0 Å². The number of unbranched alkanes of at least 4 members (excludes halogenated alkanes) is 1. The quantitative estimate of drug-likeness (QED) is 0.0446. The fraction of sp³-hybridized carbons (Fsp3) is 0.478. The number of rotatable bonds is 29. The Balaban J connectivity index is 0. The van der Waals surface area contributed by atoms with E-state index in [-0.39, 0.29) is 11.9 Å². The number of carbonyl (C=O) groups excluding carboxylic acids is 2. The van der Waals surface area contributed by atoms with Gasteiger partial charge in [0.05, 0.1) is 13.2 Å². The first kappa shape index (κ1) is 48.2. The number of carbonyl (C=O) groups is 2. The minimum absolute atomic E-state index is 0.0927. The Labute approximate surface area is 307 Å². The average molecular weight is 687 g/mol. The van der Waals surface area contributed by atoms with Gasteiger partial charge in [0.25, 0.3) is 0 Å². The summed E-state index contributed by atoms with van der Waals surface area (Å²) in [6.07, 6.45) is 62.6. The normalized spacial score (nSPS) is 12.7. The van der Waals surface area contributed by atoms with Crippen molar-refractivity contribution in [2.75, 3.05) is 13.2 Å². The second kappa shape index (κ2) is 45.1. The lowest BCUT2D eigenvalue weighted by atomic mass is 10.2. The topological polar surface area (TPSA) is 52.6 Å². The zero-order chi connectivity index (χ0) is 36.9. The third kappa shape index (κ3) is 46.2. The first-order valence-electron chi connectivity index (χ1n) is 19.1. The van der Waals surface area contributed by atoms with Crippen molar-refractivity contribution < 1.29 is 19.1 Å². The highest BCUT2D eigenvalue weighted by atomic mass is 16.5. The molecule has 0 amide bonds. The van der Waals surface area contributed by atoms with Gasteiger partial charge in [-0.05, 0) is 104 Å². The molecule has 0 radical (unpaired) electrons. The molecule has 0 rings (SSSR count). The Morgan fingerprint density at radius 3 is 0.900 bits per heavy atom. The molecule has 0 aliphatic carbocycles. The summed E-state index contributed by atoms with van der Waals surface area (Å²) in [5.74, 6) is -0.211. The Morgan fingerprint density at radius 2 is 0.600 bits per heavy atom. The van der Waals surface area contributed by atoms with E-state index in [0.717, 1.165) is 89.9 Å². The highest BCUT2D eigenvalue weighted by Gasteiger charge is 1.98. The van der Waals surface area contributed by atoms with E-state index in [1.165, 1.54) is 0 Å². The van der Waals surface area contributed by atoms with E-state index in [9.17, 15) is 9.59 Å². The Morgan fingerprint density at radius 1 is 0.340 bits per heavy atom. The molecule has 4 heteroatoms. The molecule has 0 heterocycles. The Kier molecular flexibility index (Phi) is 43.5. The lowest BCUT2D eigenvalue weighted by molar-refractivity contribution is -0.144. The van der Waals surface area contributed by atoms with E-state index in [1.807, 2.05) is 19.9 Å². The lowest BCUT2D eigenvalue weighted by Crippen LogP contribution is -2.02. The largest absolute Gasteiger partial charge is 0.466 e. The van der Waals surface area contributed by atoms with E-state index in [0.29, 0.717) is 26.1 Å². The second-order valence-corrected chi connectivity index (χ2v) is 11.2. The fourth-order valence-corrected chi connectivity index (χ4v) is 4.04. The SMILES string of the molecule is CCC=CCC=CCC=CCC=CCC=CCC=CCCC(=O)OCC.CCC=CCC=CCC=CCC=CCC=CCCCC(=O)OCC. The third-order valence-corrected chi connectivity index (χ3v) is 6.63. The summed E-state index contributed by atoms with van der Waals surface area (Å²) < 4.78 is 9.76. The summed E-state index contributed by atoms with van der Waals surface area (Å²) in [5, 5.41) is 0. The smallest absolute Gasteiger partial charge is 0.306 e. The van der Waals surface area contributed by atoms with Crippen LogP contribution in [0.4, 0.5) is 0 Å². The van der Waals surface area contributed by atoms with E-state index < -0.39 is 0 Å². The predicted octanol–water partition coefficient (Wildman–Crippen LogP) is 13.5. The van der Waals surface area contributed by atoms with E-state index in [1.54, 1.807) is 0 Å². The molecule has 0 atom stereocenters. The minimum atomic E-state index is -0.118. The molecule has 0 bridgehead atoms. The third-order valence-electron chi connectivity index (χ3n) is 6.63. The maximum atomic E-state index is 11.1. The highest BCUT2D eigenvalue weighted by molar-refractivity contribution is 5.69. The Hall–Kier alpha value is -3.92. The van der Waals surface area contributed by atoms with Crippen molar-refractivity contribution in [2.24, 2.45) is 0 Å². The van der Waals surface area contributed by atoms with Gasteiger partial charge < -0.3 is 9.47 Å². The van der Waals surface area contributed by atoms with E-state index >= 15 is 0 Å². The number of hydrogen-bond acceptors (Lipinski definition) is 4. The van der Waals surface area contributed by atoms with Gasteiger partial charge in [-0.1, -0.05) is 148 Å². The molecule has 0 aromatic rings. The van der Waals surface area contributed by atoms with Crippen LogP contribution in [0.5, 0.6) is 0 Å². The highest BCUT2D eigenvalue weighted by Crippen LogP contribution is 2.01. The summed E-state index contributed by atoms with van der Waals surface area (Å²) in [6.45, 7) is 8.90. The number of ether oxygens (including phenoxy) is 2. The summed E-state index contributed by atoms with van der Waals surface area (Å²) in [4.78, 5) is 22.3. The predicted molar refractivity (Wildman–Crippen MR) is 219 cm³/mol. The molecule has 0 spiro atoms. The summed E-state index contributed by atoms with van der Waals surface area (Å²) in [5.41, 5.74) is 0. The number of esters is 2. The maximum Gasteiger partial charge on any atom is 0.306 e. The standard InChI is InChI=1S/C24H36O2.C22H34O2/c1-3-5-6-7-8-9-10-11-12-13-14-15-16-17-18-19-20-21-22-23-24(25)26-4-2;1-3-5-6-7-8-9-10-11-12-13-14-15-16-17-18-19-20-21-22(23)24-4-2/h5-6,8-9,11-12,14-15,17-18,20-21H,3-4,7,10,13,16,19,22-23H2,1-2H3;5-6,8-9,11-12,14-15,17-18H,3-4,7,10,13,16,19-21H2,1-2H3. The first-order chi connectivity index (χ1) is 24.6. The monoisotopic (exact) mass is 687 g/mol. The molecule has 50 heavy (non-hydrogen) atoms. The van der Waals surface area contributed by atoms with Crippen LogP contribution in [-0.2, 0) is 19.1 Å². The molecule has 0 aliphatic heterocycles. The second-order valence-electron chi connectivity index (χ2n) is 11.2. The van der Waals surface area contributed by atoms with Crippen LogP contribution in [0.1, 0.15) is 130 Å².